The molecule has 1 N–H and O–H groups in total. The first kappa shape index (κ1) is 23.7. The van der Waals surface area contributed by atoms with Crippen LogP contribution in [0.5, 0.6) is 0 Å². The predicted octanol–water partition coefficient (Wildman–Crippen LogP) is 2.66. The molecule has 0 saturated carbocycles. The van der Waals surface area contributed by atoms with Crippen molar-refractivity contribution in [2.24, 2.45) is 5.92 Å². The molecule has 10 heteroatoms. The van der Waals surface area contributed by atoms with Gasteiger partial charge in [0.15, 0.2) is 0 Å². The summed E-state index contributed by atoms with van der Waals surface area (Å²) in [6, 6.07) is 13.3. The molecule has 0 bridgehead atoms. The summed E-state index contributed by atoms with van der Waals surface area (Å²) < 4.78 is 27.6. The molecule has 0 radical (unpaired) electrons. The molecule has 0 aliphatic carbocycles. The van der Waals surface area contributed by atoms with Gasteiger partial charge in [-0.25, -0.2) is 8.42 Å². The Kier molecular flexibility index (Phi) is 7.04. The highest BCUT2D eigenvalue weighted by Crippen LogP contribution is 2.31. The second-order valence-corrected chi connectivity index (χ2v) is 10.6. The first-order valence-corrected chi connectivity index (χ1v) is 12.8. The fourth-order valence-corrected chi connectivity index (χ4v) is 5.91. The zero-order chi connectivity index (χ0) is 23.6. The van der Waals surface area contributed by atoms with Crippen LogP contribution in [0.25, 0.3) is 0 Å². The maximum Gasteiger partial charge on any atom is 0.243 e. The maximum absolute atomic E-state index is 13.1. The topological polar surface area (TPSA) is 90.0 Å². The highest BCUT2D eigenvalue weighted by Gasteiger charge is 2.36. The lowest BCUT2D eigenvalue weighted by molar-refractivity contribution is -0.122. The van der Waals surface area contributed by atoms with Crippen molar-refractivity contribution >= 4 is 44.8 Å². The Bertz CT molecular complexity index is 1150. The van der Waals surface area contributed by atoms with E-state index in [-0.39, 0.29) is 29.7 Å². The molecule has 1 unspecified atom stereocenters. The molecule has 0 spiro atoms. The molecule has 2 heterocycles. The van der Waals surface area contributed by atoms with Crippen molar-refractivity contribution in [3.8, 4) is 0 Å². The van der Waals surface area contributed by atoms with E-state index in [0.29, 0.717) is 42.6 Å². The Morgan fingerprint density at radius 3 is 2.52 bits per heavy atom. The third kappa shape index (κ3) is 5.06. The molecule has 1 atom stereocenters. The van der Waals surface area contributed by atoms with Gasteiger partial charge in [-0.3, -0.25) is 9.59 Å². The minimum absolute atomic E-state index is 0.0662. The molecule has 0 aromatic heterocycles. The van der Waals surface area contributed by atoms with Gasteiger partial charge in [-0.05, 0) is 36.9 Å². The van der Waals surface area contributed by atoms with Gasteiger partial charge >= 0.3 is 0 Å². The van der Waals surface area contributed by atoms with E-state index in [9.17, 15) is 18.0 Å². The summed E-state index contributed by atoms with van der Waals surface area (Å²) in [4.78, 5) is 29.2. The standard InChI is InChI=1S/C23H27ClN4O4S/c1-2-26-10-12-27(13-11-26)33(31,32)19-7-5-6-18(15-19)25-23(30)17-14-22(29)28(16-17)21-9-4-3-8-20(21)24/h3-9,15,17H,2,10-14,16H2,1H3,(H,25,30). The van der Waals surface area contributed by atoms with Crippen LogP contribution < -0.4 is 10.2 Å². The highest BCUT2D eigenvalue weighted by atomic mass is 35.5. The van der Waals surface area contributed by atoms with Gasteiger partial charge < -0.3 is 15.1 Å². The lowest BCUT2D eigenvalue weighted by Crippen LogP contribution is -2.48. The minimum Gasteiger partial charge on any atom is -0.326 e. The lowest BCUT2D eigenvalue weighted by Gasteiger charge is -2.33. The third-order valence-corrected chi connectivity index (χ3v) is 8.37. The summed E-state index contributed by atoms with van der Waals surface area (Å²) in [5.41, 5.74) is 0.965. The summed E-state index contributed by atoms with van der Waals surface area (Å²) in [5.74, 6) is -1.06. The van der Waals surface area contributed by atoms with Crippen molar-refractivity contribution in [3.63, 3.8) is 0 Å². The summed E-state index contributed by atoms with van der Waals surface area (Å²) in [6.45, 7) is 5.44. The van der Waals surface area contributed by atoms with Crippen LogP contribution in [0.1, 0.15) is 13.3 Å². The van der Waals surface area contributed by atoms with Crippen molar-refractivity contribution in [1.82, 2.24) is 9.21 Å². The SMILES string of the molecule is CCN1CCN(S(=O)(=O)c2cccc(NC(=O)C3CC(=O)N(c4ccccc4Cl)C3)c2)CC1. The van der Waals surface area contributed by atoms with Crippen molar-refractivity contribution < 1.29 is 18.0 Å². The van der Waals surface area contributed by atoms with Crippen molar-refractivity contribution in [3.05, 3.63) is 53.6 Å². The molecule has 2 aliphatic heterocycles. The van der Waals surface area contributed by atoms with Gasteiger partial charge in [0.25, 0.3) is 0 Å². The highest BCUT2D eigenvalue weighted by molar-refractivity contribution is 7.89. The van der Waals surface area contributed by atoms with Gasteiger partial charge in [0.05, 0.1) is 21.5 Å². The van der Waals surface area contributed by atoms with Crippen LogP contribution >= 0.6 is 11.6 Å². The van der Waals surface area contributed by atoms with Crippen LogP contribution in [0.3, 0.4) is 0 Å². The smallest absolute Gasteiger partial charge is 0.243 e. The first-order valence-electron chi connectivity index (χ1n) is 11.0. The van der Waals surface area contributed by atoms with Gasteiger partial charge in [0, 0.05) is 44.8 Å². The zero-order valence-electron chi connectivity index (χ0n) is 18.4. The Morgan fingerprint density at radius 2 is 1.82 bits per heavy atom. The van der Waals surface area contributed by atoms with Crippen LogP contribution in [0.2, 0.25) is 5.02 Å². The molecule has 2 aromatic rings. The summed E-state index contributed by atoms with van der Waals surface area (Å²) in [7, 11) is -3.65. The molecule has 176 valence electrons. The van der Waals surface area contributed by atoms with Crippen molar-refractivity contribution in [1.29, 1.82) is 0 Å². The number of likely N-dealkylation sites (N-methyl/N-ethyl adjacent to an activating group) is 1. The number of nitrogens with zero attached hydrogens (tertiary/aromatic N) is 3. The lowest BCUT2D eigenvalue weighted by atomic mass is 10.1. The quantitative estimate of drug-likeness (QED) is 0.672. The Labute approximate surface area is 199 Å². The van der Waals surface area contributed by atoms with E-state index in [4.69, 9.17) is 11.6 Å². The van der Waals surface area contributed by atoms with Gasteiger partial charge in [0.1, 0.15) is 0 Å². The number of carbonyl (C=O) groups is 2. The number of halogens is 1. The van der Waals surface area contributed by atoms with E-state index in [2.05, 4.69) is 17.1 Å². The van der Waals surface area contributed by atoms with Gasteiger partial charge in [-0.15, -0.1) is 0 Å². The summed E-state index contributed by atoms with van der Waals surface area (Å²) in [5, 5.41) is 3.23. The molecule has 33 heavy (non-hydrogen) atoms. The zero-order valence-corrected chi connectivity index (χ0v) is 20.0. The molecule has 2 fully saturated rings. The number of anilines is 2. The second kappa shape index (κ2) is 9.80. The van der Waals surface area contributed by atoms with Crippen LogP contribution in [0.15, 0.2) is 53.4 Å². The number of amides is 2. The second-order valence-electron chi connectivity index (χ2n) is 8.21. The molecule has 2 amide bonds. The molecule has 2 aromatic carbocycles. The van der Waals surface area contributed by atoms with Crippen LogP contribution in [-0.2, 0) is 19.6 Å². The number of hydrogen-bond donors (Lipinski definition) is 1. The van der Waals surface area contributed by atoms with Crippen LogP contribution in [0, 0.1) is 5.92 Å². The summed E-state index contributed by atoms with van der Waals surface area (Å²) in [6.07, 6.45) is 0.0662. The van der Waals surface area contributed by atoms with E-state index < -0.39 is 15.9 Å². The number of para-hydroxylation sites is 1. The Balaban J connectivity index is 1.44. The number of piperazine rings is 1. The molecule has 8 nitrogen and oxygen atoms in total. The number of sulfonamides is 1. The number of rotatable bonds is 6. The van der Waals surface area contributed by atoms with Crippen molar-refractivity contribution in [2.45, 2.75) is 18.2 Å². The maximum atomic E-state index is 13.1. The van der Waals surface area contributed by atoms with Crippen LogP contribution in [-0.4, -0.2) is 68.7 Å². The normalized spacial score (nSPS) is 20.2. The number of nitrogens with one attached hydrogen (secondary N) is 1. The van der Waals surface area contributed by atoms with E-state index in [0.717, 1.165) is 6.54 Å². The van der Waals surface area contributed by atoms with E-state index >= 15 is 0 Å². The van der Waals surface area contributed by atoms with E-state index in [1.54, 1.807) is 36.4 Å². The largest absolute Gasteiger partial charge is 0.326 e. The number of benzene rings is 2. The number of carbonyl (C=O) groups excluding carboxylic acids is 2. The fraction of sp³-hybridized carbons (Fsp3) is 0.391. The Hall–Kier alpha value is -2.46. The van der Waals surface area contributed by atoms with Gasteiger partial charge in [-0.1, -0.05) is 36.7 Å². The molecular formula is C23H27ClN4O4S. The average Bonchev–Trinajstić information content (AvgIpc) is 3.21. The fourth-order valence-electron chi connectivity index (χ4n) is 4.20. The third-order valence-electron chi connectivity index (χ3n) is 6.16. The minimum atomic E-state index is -3.65. The average molecular weight is 491 g/mol. The monoisotopic (exact) mass is 490 g/mol. The number of hydrogen-bond acceptors (Lipinski definition) is 5. The van der Waals surface area contributed by atoms with Crippen LogP contribution in [0.4, 0.5) is 11.4 Å². The Morgan fingerprint density at radius 1 is 1.09 bits per heavy atom. The van der Waals surface area contributed by atoms with E-state index in [1.807, 2.05) is 0 Å². The van der Waals surface area contributed by atoms with Gasteiger partial charge in [-0.2, -0.15) is 4.31 Å². The first-order chi connectivity index (χ1) is 15.8. The molecule has 4 rings (SSSR count). The molecule has 2 saturated heterocycles. The molecule has 2 aliphatic rings. The summed E-state index contributed by atoms with van der Waals surface area (Å²) >= 11 is 6.21. The van der Waals surface area contributed by atoms with Gasteiger partial charge in [0.2, 0.25) is 21.8 Å². The predicted molar refractivity (Wildman–Crippen MR) is 128 cm³/mol. The van der Waals surface area contributed by atoms with E-state index in [1.165, 1.54) is 21.3 Å². The molecular weight excluding hydrogens is 464 g/mol. The van der Waals surface area contributed by atoms with Crippen molar-refractivity contribution in [2.75, 3.05) is 49.5 Å².